The van der Waals surface area contributed by atoms with Crippen LogP contribution in [-0.2, 0) is 6.54 Å². The number of carbonyl (C=O) groups excluding carboxylic acids is 1. The topological polar surface area (TPSA) is 113 Å². The van der Waals surface area contributed by atoms with Crippen LogP contribution >= 0.6 is 0 Å². The van der Waals surface area contributed by atoms with E-state index in [9.17, 15) is 14.7 Å². The fourth-order valence-corrected chi connectivity index (χ4v) is 4.23. The number of hydrogen-bond donors (Lipinski definition) is 2. The molecule has 0 bridgehead atoms. The number of anilines is 2. The van der Waals surface area contributed by atoms with E-state index in [0.29, 0.717) is 35.1 Å². The summed E-state index contributed by atoms with van der Waals surface area (Å²) < 4.78 is 1.93. The molecule has 176 valence electrons. The average Bonchev–Trinajstić information content (AvgIpc) is 3.49. The van der Waals surface area contributed by atoms with Crippen LogP contribution in [0.4, 0.5) is 11.5 Å². The van der Waals surface area contributed by atoms with E-state index in [1.54, 1.807) is 36.5 Å². The molecule has 0 aliphatic carbocycles. The first kappa shape index (κ1) is 22.3. The summed E-state index contributed by atoms with van der Waals surface area (Å²) in [5, 5.41) is 20.7. The van der Waals surface area contributed by atoms with Crippen LogP contribution in [0.25, 0.3) is 22.6 Å². The Morgan fingerprint density at radius 2 is 1.91 bits per heavy atom. The number of aromatic carboxylic acids is 1. The molecule has 9 nitrogen and oxygen atoms in total. The predicted molar refractivity (Wildman–Crippen MR) is 133 cm³/mol. The van der Waals surface area contributed by atoms with Crippen molar-refractivity contribution in [2.24, 2.45) is 0 Å². The lowest BCUT2D eigenvalue weighted by atomic mass is 9.98. The Morgan fingerprint density at radius 1 is 1.09 bits per heavy atom. The minimum absolute atomic E-state index is 0.153. The van der Waals surface area contributed by atoms with Crippen LogP contribution < -0.4 is 10.2 Å². The first-order valence-corrected chi connectivity index (χ1v) is 11.2. The molecule has 1 amide bonds. The summed E-state index contributed by atoms with van der Waals surface area (Å²) in [7, 11) is 1.74. The maximum absolute atomic E-state index is 13.4. The predicted octanol–water partition coefficient (Wildman–Crippen LogP) is 4.49. The fourth-order valence-electron chi connectivity index (χ4n) is 4.23. The average molecular weight is 469 g/mol. The zero-order chi connectivity index (χ0) is 24.7. The van der Waals surface area contributed by atoms with Crippen LogP contribution in [0, 0.1) is 0 Å². The van der Waals surface area contributed by atoms with Crippen LogP contribution in [0.3, 0.4) is 0 Å². The van der Waals surface area contributed by atoms with Gasteiger partial charge in [0.25, 0.3) is 5.91 Å². The number of fused-ring (bicyclic) bond motifs is 1. The van der Waals surface area contributed by atoms with E-state index in [4.69, 9.17) is 4.98 Å². The van der Waals surface area contributed by atoms with Gasteiger partial charge in [0.15, 0.2) is 5.82 Å². The van der Waals surface area contributed by atoms with Gasteiger partial charge in [-0.25, -0.2) is 9.78 Å². The molecule has 2 aromatic heterocycles. The van der Waals surface area contributed by atoms with E-state index < -0.39 is 5.97 Å². The summed E-state index contributed by atoms with van der Waals surface area (Å²) in [6, 6.07) is 16.4. The molecule has 0 radical (unpaired) electrons. The van der Waals surface area contributed by atoms with Gasteiger partial charge >= 0.3 is 5.97 Å². The zero-order valence-corrected chi connectivity index (χ0v) is 19.6. The summed E-state index contributed by atoms with van der Waals surface area (Å²) >= 11 is 0. The Kier molecular flexibility index (Phi) is 5.52. The third-order valence-corrected chi connectivity index (χ3v) is 6.09. The molecule has 2 aromatic carbocycles. The van der Waals surface area contributed by atoms with E-state index in [0.717, 1.165) is 16.7 Å². The van der Waals surface area contributed by atoms with Crippen LogP contribution in [0.15, 0.2) is 60.9 Å². The number of nitrogens with zero attached hydrogens (tertiary/aromatic N) is 5. The highest BCUT2D eigenvalue weighted by Crippen LogP contribution is 2.33. The second-order valence-electron chi connectivity index (χ2n) is 8.65. The fraction of sp³-hybridized carbons (Fsp3) is 0.192. The lowest BCUT2D eigenvalue weighted by Gasteiger charge is -2.16. The second-order valence-corrected chi connectivity index (χ2v) is 8.65. The third kappa shape index (κ3) is 4.01. The molecular weight excluding hydrogens is 444 g/mol. The third-order valence-electron chi connectivity index (χ3n) is 6.09. The van der Waals surface area contributed by atoms with Crippen molar-refractivity contribution in [3.05, 3.63) is 77.6 Å². The lowest BCUT2D eigenvalue weighted by Crippen LogP contribution is -2.24. The van der Waals surface area contributed by atoms with Gasteiger partial charge in [-0.2, -0.15) is 0 Å². The standard InChI is InChI=1S/C26H24N6O3/c1-15(2)32-14-28-30-24(32)22-5-4-6-23(29-22)31-13-17-8-7-16(12-21(17)25(31)33)18-9-19(26(34)35)11-20(10-18)27-3/h4-12,14-15,27H,13H2,1-3H3,(H,34,35). The first-order valence-electron chi connectivity index (χ1n) is 11.2. The Hall–Kier alpha value is -4.53. The summed E-state index contributed by atoms with van der Waals surface area (Å²) in [5.74, 6) is 0.0203. The van der Waals surface area contributed by atoms with Gasteiger partial charge in [-0.05, 0) is 66.9 Å². The van der Waals surface area contributed by atoms with Crippen molar-refractivity contribution in [3.63, 3.8) is 0 Å². The van der Waals surface area contributed by atoms with Gasteiger partial charge in [0, 0.05) is 24.3 Å². The van der Waals surface area contributed by atoms with E-state index >= 15 is 0 Å². The van der Waals surface area contributed by atoms with Gasteiger partial charge in [-0.15, -0.1) is 10.2 Å². The molecule has 4 aromatic rings. The number of aromatic nitrogens is 4. The highest BCUT2D eigenvalue weighted by Gasteiger charge is 2.30. The van der Waals surface area contributed by atoms with Crippen LogP contribution in [0.1, 0.15) is 46.2 Å². The molecular formula is C26H24N6O3. The Balaban J connectivity index is 1.48. The van der Waals surface area contributed by atoms with Crippen molar-refractivity contribution >= 4 is 23.4 Å². The molecule has 5 rings (SSSR count). The molecule has 0 atom stereocenters. The number of rotatable bonds is 6. The summed E-state index contributed by atoms with van der Waals surface area (Å²) in [6.45, 7) is 4.49. The number of nitrogens with one attached hydrogen (secondary N) is 1. The number of pyridine rings is 1. The minimum atomic E-state index is -1.01. The quantitative estimate of drug-likeness (QED) is 0.429. The number of carboxylic acids is 1. The molecule has 0 fully saturated rings. The molecule has 3 heterocycles. The molecule has 1 aliphatic heterocycles. The van der Waals surface area contributed by atoms with E-state index in [1.165, 1.54) is 0 Å². The molecule has 1 aliphatic rings. The van der Waals surface area contributed by atoms with Gasteiger partial charge in [0.2, 0.25) is 0 Å². The van der Waals surface area contributed by atoms with Crippen molar-refractivity contribution in [2.45, 2.75) is 26.4 Å². The van der Waals surface area contributed by atoms with Crippen LogP contribution in [0.2, 0.25) is 0 Å². The van der Waals surface area contributed by atoms with Crippen LogP contribution in [0.5, 0.6) is 0 Å². The summed E-state index contributed by atoms with van der Waals surface area (Å²) in [5.41, 5.74) is 4.45. The van der Waals surface area contributed by atoms with Crippen molar-refractivity contribution in [1.29, 1.82) is 0 Å². The Labute approximate surface area is 202 Å². The highest BCUT2D eigenvalue weighted by atomic mass is 16.4. The highest BCUT2D eigenvalue weighted by molar-refractivity contribution is 6.10. The normalized spacial score (nSPS) is 12.8. The van der Waals surface area contributed by atoms with E-state index in [-0.39, 0.29) is 17.5 Å². The maximum atomic E-state index is 13.4. The largest absolute Gasteiger partial charge is 0.478 e. The van der Waals surface area contributed by atoms with E-state index in [2.05, 4.69) is 15.5 Å². The number of hydrogen-bond acceptors (Lipinski definition) is 6. The van der Waals surface area contributed by atoms with Crippen molar-refractivity contribution in [2.75, 3.05) is 17.3 Å². The van der Waals surface area contributed by atoms with Gasteiger partial charge in [-0.1, -0.05) is 18.2 Å². The number of amides is 1. The molecule has 0 saturated carbocycles. The molecule has 0 spiro atoms. The first-order chi connectivity index (χ1) is 16.9. The maximum Gasteiger partial charge on any atom is 0.335 e. The Bertz CT molecular complexity index is 1460. The van der Waals surface area contributed by atoms with Gasteiger partial charge in [-0.3, -0.25) is 9.69 Å². The molecule has 9 heteroatoms. The summed E-state index contributed by atoms with van der Waals surface area (Å²) in [4.78, 5) is 31.3. The molecule has 0 saturated heterocycles. The van der Waals surface area contributed by atoms with Gasteiger partial charge in [0.1, 0.15) is 17.8 Å². The van der Waals surface area contributed by atoms with Gasteiger partial charge < -0.3 is 15.0 Å². The molecule has 35 heavy (non-hydrogen) atoms. The minimum Gasteiger partial charge on any atom is -0.478 e. The van der Waals surface area contributed by atoms with Crippen molar-refractivity contribution < 1.29 is 14.7 Å². The monoisotopic (exact) mass is 468 g/mol. The summed E-state index contributed by atoms with van der Waals surface area (Å²) in [6.07, 6.45) is 1.67. The zero-order valence-electron chi connectivity index (χ0n) is 19.6. The SMILES string of the molecule is CNc1cc(C(=O)O)cc(-c2ccc3c(c2)C(=O)N(c2cccc(-c4nncn4C(C)C)n2)C3)c1. The van der Waals surface area contributed by atoms with E-state index in [1.807, 2.05) is 54.8 Å². The van der Waals surface area contributed by atoms with Crippen LogP contribution in [-0.4, -0.2) is 43.8 Å². The Morgan fingerprint density at radius 3 is 2.66 bits per heavy atom. The smallest absolute Gasteiger partial charge is 0.335 e. The molecule has 0 unspecified atom stereocenters. The number of carbonyl (C=O) groups is 2. The number of benzene rings is 2. The number of carboxylic acid groups (broad SMARTS) is 1. The second kappa shape index (κ2) is 8.68. The van der Waals surface area contributed by atoms with Crippen molar-refractivity contribution in [1.82, 2.24) is 19.7 Å². The molecule has 2 N–H and O–H groups in total. The lowest BCUT2D eigenvalue weighted by molar-refractivity contribution is 0.0696. The van der Waals surface area contributed by atoms with Gasteiger partial charge in [0.05, 0.1) is 12.1 Å². The van der Waals surface area contributed by atoms with Crippen molar-refractivity contribution in [3.8, 4) is 22.6 Å².